The summed E-state index contributed by atoms with van der Waals surface area (Å²) in [5.74, 6) is 0.496. The molecule has 1 aliphatic rings. The molecule has 1 aromatic heterocycles. The van der Waals surface area contributed by atoms with E-state index in [4.69, 9.17) is 4.74 Å². The van der Waals surface area contributed by atoms with Crippen molar-refractivity contribution in [2.24, 2.45) is 0 Å². The molecule has 0 saturated carbocycles. The number of carbonyl (C=O) groups excluding carboxylic acids is 2. The molecule has 0 unspecified atom stereocenters. The Balaban J connectivity index is 1.53. The monoisotopic (exact) mass is 469 g/mol. The van der Waals surface area contributed by atoms with Gasteiger partial charge in [0.15, 0.2) is 6.29 Å². The number of methoxy groups -OCH3 is 1. The molecule has 0 atom stereocenters. The van der Waals surface area contributed by atoms with Crippen LogP contribution in [0.15, 0.2) is 71.6 Å². The van der Waals surface area contributed by atoms with Gasteiger partial charge in [0.25, 0.3) is 5.91 Å². The molecule has 0 aliphatic heterocycles. The molecule has 0 bridgehead atoms. The van der Waals surface area contributed by atoms with Crippen molar-refractivity contribution in [2.45, 2.75) is 17.7 Å². The van der Waals surface area contributed by atoms with Crippen molar-refractivity contribution < 1.29 is 14.3 Å². The van der Waals surface area contributed by atoms with Crippen LogP contribution >= 0.6 is 11.8 Å². The molecule has 7 heteroatoms. The number of carbonyl (C=O) groups is 2. The number of aryl methyl sites for hydroxylation is 1. The first-order chi connectivity index (χ1) is 16.6. The van der Waals surface area contributed by atoms with Gasteiger partial charge in [0.1, 0.15) is 11.4 Å². The summed E-state index contributed by atoms with van der Waals surface area (Å²) in [5, 5.41) is 7.62. The summed E-state index contributed by atoms with van der Waals surface area (Å²) in [6.07, 6.45) is 4.42. The number of fused-ring (bicyclic) bond motifs is 3. The molecule has 3 aromatic carbocycles. The lowest BCUT2D eigenvalue weighted by Gasteiger charge is -2.20. The minimum absolute atomic E-state index is 0.201. The lowest BCUT2D eigenvalue weighted by atomic mass is 9.88. The molecule has 34 heavy (non-hydrogen) atoms. The van der Waals surface area contributed by atoms with Crippen LogP contribution in [-0.2, 0) is 12.8 Å². The van der Waals surface area contributed by atoms with Gasteiger partial charge in [-0.2, -0.15) is 5.10 Å². The molecule has 5 rings (SSSR count). The van der Waals surface area contributed by atoms with Crippen molar-refractivity contribution in [3.8, 4) is 22.7 Å². The number of nitrogens with zero attached hydrogens (tertiary/aromatic N) is 2. The van der Waals surface area contributed by atoms with Crippen molar-refractivity contribution in [3.63, 3.8) is 0 Å². The SMILES string of the molecule is COc1ccc(C(=O)Nc2ccc3c(c2)-c2c(c(C=O)nn2-c2ccc(SC)cc2)CC3)cc1. The largest absolute Gasteiger partial charge is 0.497 e. The summed E-state index contributed by atoms with van der Waals surface area (Å²) < 4.78 is 7.01. The molecule has 4 aromatic rings. The number of ether oxygens (including phenoxy) is 1. The van der Waals surface area contributed by atoms with E-state index in [1.54, 1.807) is 43.1 Å². The third-order valence-electron chi connectivity index (χ3n) is 6.06. The normalized spacial score (nSPS) is 11.9. The molecule has 0 spiro atoms. The van der Waals surface area contributed by atoms with E-state index in [1.807, 2.05) is 53.4 Å². The molecule has 1 amide bonds. The number of amides is 1. The van der Waals surface area contributed by atoms with E-state index < -0.39 is 0 Å². The van der Waals surface area contributed by atoms with Crippen LogP contribution in [0.3, 0.4) is 0 Å². The lowest BCUT2D eigenvalue weighted by Crippen LogP contribution is -2.13. The van der Waals surface area contributed by atoms with E-state index in [-0.39, 0.29) is 5.91 Å². The fraction of sp³-hybridized carbons (Fsp3) is 0.148. The maximum atomic E-state index is 12.8. The third kappa shape index (κ3) is 3.99. The molecule has 1 heterocycles. The van der Waals surface area contributed by atoms with Gasteiger partial charge in [0, 0.05) is 27.3 Å². The summed E-state index contributed by atoms with van der Waals surface area (Å²) in [6.45, 7) is 0. The van der Waals surface area contributed by atoms with Crippen LogP contribution in [0.25, 0.3) is 16.9 Å². The molecule has 6 nitrogen and oxygen atoms in total. The first-order valence-corrected chi connectivity index (χ1v) is 12.1. The molecule has 0 radical (unpaired) electrons. The molecular weight excluding hydrogens is 446 g/mol. The van der Waals surface area contributed by atoms with E-state index in [1.165, 1.54) is 0 Å². The molecule has 0 saturated heterocycles. The van der Waals surface area contributed by atoms with Crippen LogP contribution in [0.4, 0.5) is 5.69 Å². The minimum Gasteiger partial charge on any atom is -0.497 e. The Morgan fingerprint density at radius 1 is 1.06 bits per heavy atom. The Kier molecular flexibility index (Phi) is 5.94. The van der Waals surface area contributed by atoms with Crippen LogP contribution in [0.2, 0.25) is 0 Å². The highest BCUT2D eigenvalue weighted by Crippen LogP contribution is 2.38. The molecular formula is C27H23N3O3S. The van der Waals surface area contributed by atoms with Crippen molar-refractivity contribution in [2.75, 3.05) is 18.7 Å². The number of hydrogen-bond donors (Lipinski definition) is 1. The molecule has 1 aliphatic carbocycles. The number of hydrogen-bond acceptors (Lipinski definition) is 5. The van der Waals surface area contributed by atoms with Gasteiger partial charge in [-0.05, 0) is 85.3 Å². The smallest absolute Gasteiger partial charge is 0.255 e. The fourth-order valence-corrected chi connectivity index (χ4v) is 4.70. The maximum absolute atomic E-state index is 12.8. The highest BCUT2D eigenvalue weighted by Gasteiger charge is 2.26. The fourth-order valence-electron chi connectivity index (χ4n) is 4.29. The second kappa shape index (κ2) is 9.19. The highest BCUT2D eigenvalue weighted by atomic mass is 32.2. The van der Waals surface area contributed by atoms with Gasteiger partial charge in [0.2, 0.25) is 0 Å². The predicted molar refractivity (Wildman–Crippen MR) is 135 cm³/mol. The molecule has 1 N–H and O–H groups in total. The topological polar surface area (TPSA) is 73.2 Å². The lowest BCUT2D eigenvalue weighted by molar-refractivity contribution is 0.102. The first kappa shape index (κ1) is 22.0. The number of benzene rings is 3. The number of aromatic nitrogens is 2. The average molecular weight is 470 g/mol. The van der Waals surface area contributed by atoms with Gasteiger partial charge in [-0.3, -0.25) is 9.59 Å². The zero-order valence-electron chi connectivity index (χ0n) is 18.9. The van der Waals surface area contributed by atoms with Crippen LogP contribution in [0.5, 0.6) is 5.75 Å². The van der Waals surface area contributed by atoms with E-state index in [9.17, 15) is 9.59 Å². The Bertz CT molecular complexity index is 1380. The summed E-state index contributed by atoms with van der Waals surface area (Å²) in [4.78, 5) is 25.8. The average Bonchev–Trinajstić information content (AvgIpc) is 3.28. The van der Waals surface area contributed by atoms with Gasteiger partial charge >= 0.3 is 0 Å². The summed E-state index contributed by atoms with van der Waals surface area (Å²) in [7, 11) is 1.59. The Hall–Kier alpha value is -3.84. The zero-order valence-corrected chi connectivity index (χ0v) is 19.7. The summed E-state index contributed by atoms with van der Waals surface area (Å²) >= 11 is 1.67. The van der Waals surface area contributed by atoms with Crippen molar-refractivity contribution in [1.29, 1.82) is 0 Å². The summed E-state index contributed by atoms with van der Waals surface area (Å²) in [5.41, 5.74) is 6.56. The van der Waals surface area contributed by atoms with Gasteiger partial charge in [-0.25, -0.2) is 4.68 Å². The van der Waals surface area contributed by atoms with Crippen molar-refractivity contribution in [1.82, 2.24) is 9.78 Å². The van der Waals surface area contributed by atoms with Gasteiger partial charge in [-0.1, -0.05) is 6.07 Å². The highest BCUT2D eigenvalue weighted by molar-refractivity contribution is 7.98. The van der Waals surface area contributed by atoms with Gasteiger partial charge in [0.05, 0.1) is 18.5 Å². The number of aldehydes is 1. The van der Waals surface area contributed by atoms with E-state index in [0.717, 1.165) is 52.1 Å². The van der Waals surface area contributed by atoms with Crippen LogP contribution in [0.1, 0.15) is 32.0 Å². The van der Waals surface area contributed by atoms with Crippen LogP contribution < -0.4 is 10.1 Å². The Labute approximate surface area is 202 Å². The van der Waals surface area contributed by atoms with E-state index in [0.29, 0.717) is 22.7 Å². The molecule has 0 fully saturated rings. The number of thioether (sulfide) groups is 1. The van der Waals surface area contributed by atoms with Crippen LogP contribution in [0, 0.1) is 0 Å². The first-order valence-electron chi connectivity index (χ1n) is 10.9. The number of nitrogens with one attached hydrogen (secondary N) is 1. The Morgan fingerprint density at radius 2 is 1.82 bits per heavy atom. The van der Waals surface area contributed by atoms with Gasteiger partial charge in [-0.15, -0.1) is 11.8 Å². The van der Waals surface area contributed by atoms with Crippen LogP contribution in [-0.4, -0.2) is 35.3 Å². The minimum atomic E-state index is -0.201. The van der Waals surface area contributed by atoms with Crippen molar-refractivity contribution in [3.05, 3.63) is 89.1 Å². The number of rotatable bonds is 6. The van der Waals surface area contributed by atoms with Gasteiger partial charge < -0.3 is 10.1 Å². The van der Waals surface area contributed by atoms with E-state index >= 15 is 0 Å². The summed E-state index contributed by atoms with van der Waals surface area (Å²) in [6, 6.07) is 21.0. The van der Waals surface area contributed by atoms with E-state index in [2.05, 4.69) is 10.4 Å². The maximum Gasteiger partial charge on any atom is 0.255 e. The van der Waals surface area contributed by atoms with Crippen molar-refractivity contribution >= 4 is 29.6 Å². The quantitative estimate of drug-likeness (QED) is 0.301. The second-order valence-electron chi connectivity index (χ2n) is 7.99. The number of anilines is 1. The zero-order chi connectivity index (χ0) is 23.7. The molecule has 170 valence electrons. The predicted octanol–water partition coefficient (Wildman–Crippen LogP) is 5.43. The Morgan fingerprint density at radius 3 is 2.50 bits per heavy atom. The second-order valence-corrected chi connectivity index (χ2v) is 8.87. The third-order valence-corrected chi connectivity index (χ3v) is 6.81. The standard InChI is InChI=1S/C27H23N3O3S/c1-33-21-10-4-18(5-11-21)27(32)28-19-7-3-17-6-14-23-25(16-31)29-30(26(23)24(17)15-19)20-8-12-22(34-2)13-9-20/h3-5,7-13,15-16H,6,14H2,1-2H3,(H,28,32).